The lowest BCUT2D eigenvalue weighted by Gasteiger charge is -2.20. The van der Waals surface area contributed by atoms with E-state index >= 15 is 0 Å². The maximum Gasteiger partial charge on any atom is 0.253 e. The van der Waals surface area contributed by atoms with Crippen LogP contribution in [0.5, 0.6) is 11.5 Å². The Morgan fingerprint density at radius 2 is 2.04 bits per heavy atom. The van der Waals surface area contributed by atoms with Crippen molar-refractivity contribution in [1.82, 2.24) is 4.90 Å². The van der Waals surface area contributed by atoms with Crippen molar-refractivity contribution in [3.05, 3.63) is 59.2 Å². The maximum absolute atomic E-state index is 12.8. The number of aryl methyl sites for hydroxylation is 1. The first-order valence-electron chi connectivity index (χ1n) is 9.02. The molecular formula is C21H23NO3. The van der Waals surface area contributed by atoms with Gasteiger partial charge in [0, 0.05) is 18.7 Å². The van der Waals surface area contributed by atoms with Crippen LogP contribution in [0.15, 0.2) is 42.5 Å². The summed E-state index contributed by atoms with van der Waals surface area (Å²) in [6, 6.07) is 13.2. The third-order valence-corrected chi connectivity index (χ3v) is 5.19. The summed E-state index contributed by atoms with van der Waals surface area (Å²) >= 11 is 0. The summed E-state index contributed by atoms with van der Waals surface area (Å²) in [5.74, 6) is 1.83. The molecule has 0 bridgehead atoms. The van der Waals surface area contributed by atoms with Crippen molar-refractivity contribution < 1.29 is 14.6 Å². The fourth-order valence-corrected chi connectivity index (χ4v) is 3.83. The van der Waals surface area contributed by atoms with Crippen LogP contribution in [0.3, 0.4) is 0 Å². The Bertz CT molecular complexity index is 769. The highest BCUT2D eigenvalue weighted by Gasteiger charge is 2.27. The minimum atomic E-state index is 0.126. The first kappa shape index (κ1) is 16.0. The molecule has 2 heterocycles. The molecule has 0 saturated carbocycles. The summed E-state index contributed by atoms with van der Waals surface area (Å²) < 4.78 is 5.63. The molecule has 1 fully saturated rings. The Morgan fingerprint density at radius 3 is 2.88 bits per heavy atom. The lowest BCUT2D eigenvalue weighted by Crippen LogP contribution is -2.29. The molecule has 1 atom stereocenters. The number of carbonyl (C=O) groups excluding carboxylic acids is 1. The van der Waals surface area contributed by atoms with Gasteiger partial charge in [0.05, 0.1) is 6.61 Å². The van der Waals surface area contributed by atoms with Crippen LogP contribution < -0.4 is 4.74 Å². The van der Waals surface area contributed by atoms with Gasteiger partial charge in [0.1, 0.15) is 11.5 Å². The number of aromatic hydroxyl groups is 1. The molecule has 4 rings (SSSR count). The van der Waals surface area contributed by atoms with E-state index in [1.165, 1.54) is 5.56 Å². The molecule has 2 aliphatic heterocycles. The highest BCUT2D eigenvalue weighted by molar-refractivity contribution is 5.94. The third kappa shape index (κ3) is 3.48. The van der Waals surface area contributed by atoms with Crippen molar-refractivity contribution in [3.8, 4) is 11.5 Å². The van der Waals surface area contributed by atoms with E-state index in [-0.39, 0.29) is 5.91 Å². The molecule has 0 aliphatic carbocycles. The summed E-state index contributed by atoms with van der Waals surface area (Å²) in [5, 5.41) is 9.38. The second-order valence-electron chi connectivity index (χ2n) is 7.05. The van der Waals surface area contributed by atoms with E-state index in [0.717, 1.165) is 62.3 Å². The quantitative estimate of drug-likeness (QED) is 0.934. The van der Waals surface area contributed by atoms with Crippen LogP contribution in [0.25, 0.3) is 0 Å². The van der Waals surface area contributed by atoms with E-state index in [4.69, 9.17) is 4.74 Å². The van der Waals surface area contributed by atoms with Crippen LogP contribution in [-0.2, 0) is 12.8 Å². The van der Waals surface area contributed by atoms with E-state index in [0.29, 0.717) is 11.7 Å². The van der Waals surface area contributed by atoms with Gasteiger partial charge >= 0.3 is 0 Å². The van der Waals surface area contributed by atoms with Crippen LogP contribution in [0.2, 0.25) is 0 Å². The van der Waals surface area contributed by atoms with Gasteiger partial charge in [-0.2, -0.15) is 0 Å². The second-order valence-corrected chi connectivity index (χ2v) is 7.05. The third-order valence-electron chi connectivity index (χ3n) is 5.19. The number of rotatable bonds is 3. The fourth-order valence-electron chi connectivity index (χ4n) is 3.83. The zero-order valence-electron chi connectivity index (χ0n) is 14.3. The Morgan fingerprint density at radius 1 is 1.20 bits per heavy atom. The summed E-state index contributed by atoms with van der Waals surface area (Å²) in [4.78, 5) is 14.8. The van der Waals surface area contributed by atoms with E-state index < -0.39 is 0 Å². The van der Waals surface area contributed by atoms with Crippen LogP contribution in [-0.4, -0.2) is 35.6 Å². The van der Waals surface area contributed by atoms with Crippen LogP contribution >= 0.6 is 0 Å². The molecule has 0 spiro atoms. The number of hydrogen-bond donors (Lipinski definition) is 1. The van der Waals surface area contributed by atoms with Crippen molar-refractivity contribution >= 4 is 5.91 Å². The van der Waals surface area contributed by atoms with Gasteiger partial charge in [0.2, 0.25) is 0 Å². The van der Waals surface area contributed by atoms with Crippen molar-refractivity contribution in [2.75, 3.05) is 19.7 Å². The van der Waals surface area contributed by atoms with Crippen LogP contribution in [0.4, 0.5) is 0 Å². The predicted octanol–water partition coefficient (Wildman–Crippen LogP) is 3.42. The van der Waals surface area contributed by atoms with Gasteiger partial charge in [0.15, 0.2) is 0 Å². The van der Waals surface area contributed by atoms with Crippen molar-refractivity contribution in [2.24, 2.45) is 5.92 Å². The molecular weight excluding hydrogens is 314 g/mol. The molecule has 130 valence electrons. The van der Waals surface area contributed by atoms with Gasteiger partial charge in [-0.25, -0.2) is 0 Å². The van der Waals surface area contributed by atoms with Gasteiger partial charge < -0.3 is 14.7 Å². The number of phenols is 1. The molecule has 0 aromatic heterocycles. The van der Waals surface area contributed by atoms with Gasteiger partial charge in [-0.05, 0) is 73.1 Å². The minimum Gasteiger partial charge on any atom is -0.508 e. The maximum atomic E-state index is 12.8. The summed E-state index contributed by atoms with van der Waals surface area (Å²) in [5.41, 5.74) is 3.13. The monoisotopic (exact) mass is 337 g/mol. The normalized spacial score (nSPS) is 19.4. The smallest absolute Gasteiger partial charge is 0.253 e. The molecule has 2 aliphatic rings. The van der Waals surface area contributed by atoms with Gasteiger partial charge in [0.25, 0.3) is 5.91 Å². The van der Waals surface area contributed by atoms with E-state index in [9.17, 15) is 9.90 Å². The number of likely N-dealkylation sites (tertiary alicyclic amines) is 1. The van der Waals surface area contributed by atoms with Crippen molar-refractivity contribution in [2.45, 2.75) is 25.7 Å². The molecule has 1 amide bonds. The van der Waals surface area contributed by atoms with E-state index in [1.54, 1.807) is 12.1 Å². The molecule has 2 aromatic carbocycles. The number of hydrogen-bond acceptors (Lipinski definition) is 3. The second kappa shape index (κ2) is 6.79. The SMILES string of the molecule is O=C(c1ccc2c(c1)CCCO2)N1CCC(Cc2ccc(O)cc2)C1. The number of amides is 1. The van der Waals surface area contributed by atoms with E-state index in [1.807, 2.05) is 35.2 Å². The van der Waals surface area contributed by atoms with Crippen LogP contribution in [0.1, 0.15) is 34.3 Å². The Hall–Kier alpha value is -2.49. The number of ether oxygens (including phenoxy) is 1. The highest BCUT2D eigenvalue weighted by atomic mass is 16.5. The van der Waals surface area contributed by atoms with E-state index in [2.05, 4.69) is 0 Å². The topological polar surface area (TPSA) is 49.8 Å². The predicted molar refractivity (Wildman–Crippen MR) is 96.1 cm³/mol. The highest BCUT2D eigenvalue weighted by Crippen LogP contribution is 2.28. The number of nitrogens with zero attached hydrogens (tertiary/aromatic N) is 1. The summed E-state index contributed by atoms with van der Waals surface area (Å²) in [6.45, 7) is 2.38. The average Bonchev–Trinajstić information content (AvgIpc) is 3.11. The molecule has 4 heteroatoms. The van der Waals surface area contributed by atoms with Gasteiger partial charge in [-0.1, -0.05) is 12.1 Å². The summed E-state index contributed by atoms with van der Waals surface area (Å²) in [7, 11) is 0. The molecule has 0 radical (unpaired) electrons. The van der Waals surface area contributed by atoms with Gasteiger partial charge in [-0.3, -0.25) is 4.79 Å². The largest absolute Gasteiger partial charge is 0.508 e. The first-order valence-corrected chi connectivity index (χ1v) is 9.02. The van der Waals surface area contributed by atoms with Crippen molar-refractivity contribution in [1.29, 1.82) is 0 Å². The Labute approximate surface area is 148 Å². The zero-order valence-corrected chi connectivity index (χ0v) is 14.3. The standard InChI is InChI=1S/C21H23NO3/c23-19-6-3-15(4-7-19)12-16-9-10-22(14-16)21(24)18-5-8-20-17(13-18)2-1-11-25-20/h3-8,13,16,23H,1-2,9-12,14H2. The molecule has 1 N–H and O–H groups in total. The lowest BCUT2D eigenvalue weighted by atomic mass is 9.98. The average molecular weight is 337 g/mol. The molecule has 1 saturated heterocycles. The number of phenolic OH excluding ortho intramolecular Hbond substituents is 1. The number of fused-ring (bicyclic) bond motifs is 1. The van der Waals surface area contributed by atoms with Crippen molar-refractivity contribution in [3.63, 3.8) is 0 Å². The molecule has 4 nitrogen and oxygen atoms in total. The summed E-state index contributed by atoms with van der Waals surface area (Å²) in [6.07, 6.45) is 3.98. The lowest BCUT2D eigenvalue weighted by molar-refractivity contribution is 0.0787. The van der Waals surface area contributed by atoms with Gasteiger partial charge in [-0.15, -0.1) is 0 Å². The Balaban J connectivity index is 1.41. The Kier molecular flexibility index (Phi) is 4.35. The molecule has 2 aromatic rings. The fraction of sp³-hybridized carbons (Fsp3) is 0.381. The molecule has 25 heavy (non-hydrogen) atoms. The first-order chi connectivity index (χ1) is 12.2. The van der Waals surface area contributed by atoms with Crippen LogP contribution in [0, 0.1) is 5.92 Å². The number of benzene rings is 2. The molecule has 1 unspecified atom stereocenters. The zero-order chi connectivity index (χ0) is 17.2. The number of carbonyl (C=O) groups is 1. The minimum absolute atomic E-state index is 0.126.